The van der Waals surface area contributed by atoms with Gasteiger partial charge in [-0.05, 0) is 67.6 Å². The van der Waals surface area contributed by atoms with E-state index in [1.54, 1.807) is 55.6 Å². The Morgan fingerprint density at radius 3 is 1.59 bits per heavy atom. The van der Waals surface area contributed by atoms with Gasteiger partial charge < -0.3 is 10.6 Å². The van der Waals surface area contributed by atoms with E-state index in [4.69, 9.17) is 0 Å². The highest BCUT2D eigenvalue weighted by atomic mass is 32.2. The van der Waals surface area contributed by atoms with Crippen molar-refractivity contribution in [1.82, 2.24) is 0 Å². The van der Waals surface area contributed by atoms with E-state index in [2.05, 4.69) is 10.6 Å². The molecule has 148 valence electrons. The van der Waals surface area contributed by atoms with Crippen molar-refractivity contribution in [3.8, 4) is 0 Å². The van der Waals surface area contributed by atoms with Gasteiger partial charge in [0.05, 0.1) is 9.79 Å². The number of anilines is 2. The highest BCUT2D eigenvalue weighted by molar-refractivity contribution is 7.91. The Hall–Kier alpha value is -3.45. The number of carbonyl (C=O) groups excluding carboxylic acids is 2. The molecule has 0 aromatic heterocycles. The van der Waals surface area contributed by atoms with Crippen molar-refractivity contribution in [2.45, 2.75) is 16.7 Å². The number of hydrogen-bond donors (Lipinski definition) is 2. The van der Waals surface area contributed by atoms with Crippen molar-refractivity contribution in [2.24, 2.45) is 0 Å². The Labute approximate surface area is 169 Å². The molecule has 0 aliphatic heterocycles. The van der Waals surface area contributed by atoms with Crippen molar-refractivity contribution in [3.05, 3.63) is 83.9 Å². The number of benzene rings is 3. The van der Waals surface area contributed by atoms with E-state index in [0.717, 1.165) is 5.69 Å². The number of amides is 1. The van der Waals surface area contributed by atoms with E-state index < -0.39 is 9.84 Å². The van der Waals surface area contributed by atoms with E-state index in [1.807, 2.05) is 0 Å². The van der Waals surface area contributed by atoms with Gasteiger partial charge in [-0.25, -0.2) is 8.42 Å². The summed E-state index contributed by atoms with van der Waals surface area (Å²) in [5.41, 5.74) is 2.21. The van der Waals surface area contributed by atoms with Gasteiger partial charge in [-0.2, -0.15) is 0 Å². The topological polar surface area (TPSA) is 92.3 Å². The van der Waals surface area contributed by atoms with Gasteiger partial charge in [0.15, 0.2) is 5.78 Å². The summed E-state index contributed by atoms with van der Waals surface area (Å²) < 4.78 is 25.5. The minimum Gasteiger partial charge on any atom is -0.388 e. The first kappa shape index (κ1) is 20.3. The minimum absolute atomic E-state index is 0.0747. The normalized spacial score (nSPS) is 11.0. The summed E-state index contributed by atoms with van der Waals surface area (Å²) in [5.74, 6) is -0.423. The maximum atomic E-state index is 12.7. The zero-order valence-electron chi connectivity index (χ0n) is 16.0. The van der Waals surface area contributed by atoms with Crippen LogP contribution in [0.3, 0.4) is 0 Å². The molecule has 0 saturated carbocycles. The molecular formula is C22H20N2O4S. The Bertz CT molecular complexity index is 1130. The molecule has 0 aliphatic rings. The lowest BCUT2D eigenvalue weighted by molar-refractivity contribution is 0.101. The molecule has 0 radical (unpaired) electrons. The second kappa shape index (κ2) is 8.28. The molecular weight excluding hydrogens is 388 g/mol. The number of ketones is 1. The lowest BCUT2D eigenvalue weighted by Crippen LogP contribution is -2.12. The lowest BCUT2D eigenvalue weighted by atomic mass is 10.1. The molecule has 29 heavy (non-hydrogen) atoms. The fraction of sp³-hybridized carbons (Fsp3) is 0.0909. The fourth-order valence-corrected chi connectivity index (χ4v) is 3.97. The number of hydrogen-bond acceptors (Lipinski definition) is 5. The van der Waals surface area contributed by atoms with Crippen LogP contribution >= 0.6 is 0 Å². The number of carbonyl (C=O) groups is 2. The molecule has 0 fully saturated rings. The molecule has 0 spiro atoms. The van der Waals surface area contributed by atoms with Crippen molar-refractivity contribution < 1.29 is 18.0 Å². The SMILES string of the molecule is CNc1ccc(S(=O)(=O)c2ccc(NC(=O)c3ccc(C(C)=O)cc3)cc2)cc1. The van der Waals surface area contributed by atoms with Gasteiger partial charge in [0.1, 0.15) is 0 Å². The molecule has 7 heteroatoms. The third kappa shape index (κ3) is 4.52. The molecule has 0 atom stereocenters. The molecule has 0 bridgehead atoms. The predicted octanol–water partition coefficient (Wildman–Crippen LogP) is 4.02. The monoisotopic (exact) mass is 408 g/mol. The zero-order chi connectivity index (χ0) is 21.0. The van der Waals surface area contributed by atoms with E-state index in [-0.39, 0.29) is 21.5 Å². The highest BCUT2D eigenvalue weighted by Gasteiger charge is 2.17. The van der Waals surface area contributed by atoms with Crippen molar-refractivity contribution in [1.29, 1.82) is 0 Å². The maximum Gasteiger partial charge on any atom is 0.255 e. The van der Waals surface area contributed by atoms with Gasteiger partial charge in [-0.15, -0.1) is 0 Å². The van der Waals surface area contributed by atoms with Crippen molar-refractivity contribution in [2.75, 3.05) is 17.7 Å². The molecule has 0 unspecified atom stereocenters. The number of Topliss-reactive ketones (excluding diaryl/α,β-unsaturated/α-hetero) is 1. The second-order valence-corrected chi connectivity index (χ2v) is 8.34. The second-order valence-electron chi connectivity index (χ2n) is 6.39. The average Bonchev–Trinajstić information content (AvgIpc) is 2.74. The van der Waals surface area contributed by atoms with Crippen LogP contribution in [0.5, 0.6) is 0 Å². The van der Waals surface area contributed by atoms with Gasteiger partial charge in [-0.1, -0.05) is 12.1 Å². The highest BCUT2D eigenvalue weighted by Crippen LogP contribution is 2.24. The van der Waals surface area contributed by atoms with E-state index >= 15 is 0 Å². The lowest BCUT2D eigenvalue weighted by Gasteiger charge is -2.09. The van der Waals surface area contributed by atoms with Crippen LogP contribution < -0.4 is 10.6 Å². The Morgan fingerprint density at radius 1 is 0.690 bits per heavy atom. The molecule has 6 nitrogen and oxygen atoms in total. The summed E-state index contributed by atoms with van der Waals surface area (Å²) in [6, 6.07) is 18.8. The van der Waals surface area contributed by atoms with Crippen LogP contribution in [-0.2, 0) is 9.84 Å². The zero-order valence-corrected chi connectivity index (χ0v) is 16.8. The van der Waals surface area contributed by atoms with Crippen molar-refractivity contribution in [3.63, 3.8) is 0 Å². The summed E-state index contributed by atoms with van der Waals surface area (Å²) in [4.78, 5) is 24.0. The molecule has 0 saturated heterocycles. The van der Waals surface area contributed by atoms with Crippen molar-refractivity contribution >= 4 is 32.9 Å². The number of sulfone groups is 1. The summed E-state index contributed by atoms with van der Waals surface area (Å²) in [6.45, 7) is 1.46. The number of rotatable bonds is 6. The Balaban J connectivity index is 1.75. The fourth-order valence-electron chi connectivity index (χ4n) is 2.71. The first-order valence-electron chi connectivity index (χ1n) is 8.86. The standard InChI is InChI=1S/C22H20N2O4S/c1-15(25)16-3-5-17(6-4-16)22(26)24-19-9-13-21(14-10-19)29(27,28)20-11-7-18(23-2)8-12-20/h3-14,23H,1-2H3,(H,24,26). The Morgan fingerprint density at radius 2 is 1.14 bits per heavy atom. The van der Waals surface area contributed by atoms with Crippen LogP contribution in [0.15, 0.2) is 82.6 Å². The quantitative estimate of drug-likeness (QED) is 0.601. The largest absolute Gasteiger partial charge is 0.388 e. The molecule has 3 aromatic carbocycles. The van der Waals surface area contributed by atoms with Gasteiger partial charge >= 0.3 is 0 Å². The molecule has 3 aromatic rings. The van der Waals surface area contributed by atoms with Crippen LogP contribution in [0, 0.1) is 0 Å². The van der Waals surface area contributed by atoms with Gasteiger partial charge in [0.2, 0.25) is 9.84 Å². The van der Waals surface area contributed by atoms with E-state index in [0.29, 0.717) is 16.8 Å². The molecule has 3 rings (SSSR count). The molecule has 0 heterocycles. The van der Waals surface area contributed by atoms with E-state index in [1.165, 1.54) is 31.2 Å². The smallest absolute Gasteiger partial charge is 0.255 e. The minimum atomic E-state index is -3.65. The van der Waals surface area contributed by atoms with Gasteiger partial charge in [0, 0.05) is 29.5 Å². The Kier molecular flexibility index (Phi) is 5.79. The third-order valence-electron chi connectivity index (χ3n) is 4.43. The summed E-state index contributed by atoms with van der Waals surface area (Å²) >= 11 is 0. The maximum absolute atomic E-state index is 12.7. The van der Waals surface area contributed by atoms with Crippen LogP contribution in [-0.4, -0.2) is 27.2 Å². The summed E-state index contributed by atoms with van der Waals surface area (Å²) in [5, 5.41) is 5.65. The van der Waals surface area contributed by atoms with E-state index in [9.17, 15) is 18.0 Å². The van der Waals surface area contributed by atoms with Crippen LogP contribution in [0.1, 0.15) is 27.6 Å². The molecule has 2 N–H and O–H groups in total. The first-order valence-corrected chi connectivity index (χ1v) is 10.3. The molecule has 0 aliphatic carbocycles. The van der Waals surface area contributed by atoms with Crippen LogP contribution in [0.2, 0.25) is 0 Å². The van der Waals surface area contributed by atoms with Crippen LogP contribution in [0.25, 0.3) is 0 Å². The predicted molar refractivity (Wildman–Crippen MR) is 112 cm³/mol. The van der Waals surface area contributed by atoms with Gasteiger partial charge in [-0.3, -0.25) is 9.59 Å². The van der Waals surface area contributed by atoms with Gasteiger partial charge in [0.25, 0.3) is 5.91 Å². The summed E-state index contributed by atoms with van der Waals surface area (Å²) in [7, 11) is -1.89. The third-order valence-corrected chi connectivity index (χ3v) is 6.21. The average molecular weight is 408 g/mol. The number of nitrogens with one attached hydrogen (secondary N) is 2. The summed E-state index contributed by atoms with van der Waals surface area (Å²) in [6.07, 6.45) is 0. The molecule has 1 amide bonds. The van der Waals surface area contributed by atoms with Crippen LogP contribution in [0.4, 0.5) is 11.4 Å². The first-order chi connectivity index (χ1) is 13.8.